The van der Waals surface area contributed by atoms with Crippen molar-refractivity contribution in [3.8, 4) is 11.4 Å². The van der Waals surface area contributed by atoms with Crippen LogP contribution in [0, 0.1) is 5.82 Å². The van der Waals surface area contributed by atoms with Crippen molar-refractivity contribution in [2.75, 3.05) is 5.32 Å². The Morgan fingerprint density at radius 3 is 2.73 bits per heavy atom. The summed E-state index contributed by atoms with van der Waals surface area (Å²) in [6, 6.07) is 12.1. The number of nitrogens with one attached hydrogen (secondary N) is 1. The second-order valence-corrected chi connectivity index (χ2v) is 6.58. The van der Waals surface area contributed by atoms with Crippen molar-refractivity contribution in [2.24, 2.45) is 0 Å². The van der Waals surface area contributed by atoms with Gasteiger partial charge in [-0.25, -0.2) is 9.18 Å². The molecule has 30 heavy (non-hydrogen) atoms. The number of pyridine rings is 2. The van der Waals surface area contributed by atoms with E-state index in [-0.39, 0.29) is 24.5 Å². The first-order valence-corrected chi connectivity index (χ1v) is 9.05. The Balaban J connectivity index is 1.64. The second-order valence-electron chi connectivity index (χ2n) is 6.58. The number of fused-ring (bicyclic) bond motifs is 1. The van der Waals surface area contributed by atoms with Crippen molar-refractivity contribution in [3.63, 3.8) is 0 Å². The predicted molar refractivity (Wildman–Crippen MR) is 108 cm³/mol. The molecule has 1 aromatic carbocycles. The third-order valence-electron chi connectivity index (χ3n) is 4.44. The van der Waals surface area contributed by atoms with Crippen LogP contribution in [0.15, 0.2) is 76.7 Å². The average molecular weight is 405 g/mol. The first-order chi connectivity index (χ1) is 14.5. The van der Waals surface area contributed by atoms with Gasteiger partial charge in [0.2, 0.25) is 5.91 Å². The quantitative estimate of drug-likeness (QED) is 0.545. The first kappa shape index (κ1) is 19.2. The van der Waals surface area contributed by atoms with Crippen LogP contribution < -0.4 is 16.6 Å². The standard InChI is InChI=1S/C21H16FN5O3/c22-15-5-1-6-16(10-15)24-18(28)13-26-9-3-7-17-19(26)25-21(30)27(20(17)29)12-14-4-2-8-23-11-14/h1-11H,12-13H2,(H,24,28). The number of benzene rings is 1. The summed E-state index contributed by atoms with van der Waals surface area (Å²) in [4.78, 5) is 45.7. The Morgan fingerprint density at radius 2 is 1.97 bits per heavy atom. The molecule has 0 fully saturated rings. The molecule has 0 aliphatic carbocycles. The predicted octanol–water partition coefficient (Wildman–Crippen LogP) is 1.73. The Bertz CT molecular complexity index is 1300. The highest BCUT2D eigenvalue weighted by molar-refractivity contribution is 5.90. The lowest BCUT2D eigenvalue weighted by atomic mass is 10.2. The summed E-state index contributed by atoms with van der Waals surface area (Å²) in [7, 11) is 0. The van der Waals surface area contributed by atoms with E-state index in [1.165, 1.54) is 22.8 Å². The van der Waals surface area contributed by atoms with Gasteiger partial charge in [-0.2, -0.15) is 4.98 Å². The Hall–Kier alpha value is -4.14. The first-order valence-electron chi connectivity index (χ1n) is 9.05. The summed E-state index contributed by atoms with van der Waals surface area (Å²) < 4.78 is 15.7. The highest BCUT2D eigenvalue weighted by atomic mass is 19.1. The molecular weight excluding hydrogens is 389 g/mol. The maximum Gasteiger partial charge on any atom is 0.352 e. The van der Waals surface area contributed by atoms with Crippen molar-refractivity contribution >= 4 is 11.6 Å². The van der Waals surface area contributed by atoms with Crippen molar-refractivity contribution < 1.29 is 9.18 Å². The molecule has 0 unspecified atom stereocenters. The largest absolute Gasteiger partial charge is 0.352 e. The second kappa shape index (κ2) is 8.08. The minimum atomic E-state index is -0.721. The molecule has 2 aliphatic rings. The lowest BCUT2D eigenvalue weighted by Gasteiger charge is -2.15. The number of carbonyl (C=O) groups is 1. The number of rotatable bonds is 5. The number of hydrogen-bond acceptors (Lipinski definition) is 5. The zero-order chi connectivity index (χ0) is 21.1. The molecular formula is C21H16FN5O3. The van der Waals surface area contributed by atoms with Gasteiger partial charge < -0.3 is 9.88 Å². The molecule has 0 spiro atoms. The van der Waals surface area contributed by atoms with Crippen LogP contribution in [0.2, 0.25) is 0 Å². The molecule has 4 rings (SSSR count). The summed E-state index contributed by atoms with van der Waals surface area (Å²) in [5.41, 5.74) is -0.0246. The van der Waals surface area contributed by atoms with Gasteiger partial charge in [0.15, 0.2) is 5.82 Å². The Kier molecular flexibility index (Phi) is 5.17. The topological polar surface area (TPSA) is 98.9 Å². The lowest BCUT2D eigenvalue weighted by Crippen LogP contribution is -2.38. The number of hydrogen-bond donors (Lipinski definition) is 1. The lowest BCUT2D eigenvalue weighted by molar-refractivity contribution is -0.116. The minimum absolute atomic E-state index is 0.0450. The molecule has 3 heterocycles. The van der Waals surface area contributed by atoms with Gasteiger partial charge in [0.1, 0.15) is 12.4 Å². The normalized spacial score (nSPS) is 10.8. The van der Waals surface area contributed by atoms with Crippen molar-refractivity contribution in [2.45, 2.75) is 13.1 Å². The molecule has 150 valence electrons. The van der Waals surface area contributed by atoms with Crippen LogP contribution in [0.1, 0.15) is 5.56 Å². The van der Waals surface area contributed by atoms with Gasteiger partial charge in [-0.1, -0.05) is 12.1 Å². The molecule has 8 nitrogen and oxygen atoms in total. The molecule has 1 amide bonds. The summed E-state index contributed by atoms with van der Waals surface area (Å²) >= 11 is 0. The van der Waals surface area contributed by atoms with E-state index in [1.807, 2.05) is 0 Å². The molecule has 9 heteroatoms. The van der Waals surface area contributed by atoms with Gasteiger partial charge in [-0.05, 0) is 42.0 Å². The summed E-state index contributed by atoms with van der Waals surface area (Å²) in [5.74, 6) is -0.825. The Labute approximate surface area is 169 Å². The average Bonchev–Trinajstić information content (AvgIpc) is 2.72. The highest BCUT2D eigenvalue weighted by Gasteiger charge is 2.18. The number of nitrogens with zero attached hydrogens (tertiary/aromatic N) is 4. The molecule has 0 bridgehead atoms. The van der Waals surface area contributed by atoms with Crippen LogP contribution >= 0.6 is 0 Å². The number of aromatic nitrogens is 4. The van der Waals surface area contributed by atoms with E-state index in [4.69, 9.17) is 0 Å². The molecule has 2 aromatic rings. The van der Waals surface area contributed by atoms with E-state index in [0.717, 1.165) is 4.57 Å². The van der Waals surface area contributed by atoms with Gasteiger partial charge in [0.25, 0.3) is 5.56 Å². The maximum atomic E-state index is 13.3. The monoisotopic (exact) mass is 405 g/mol. The van der Waals surface area contributed by atoms with Gasteiger partial charge in [0, 0.05) is 24.3 Å². The zero-order valence-corrected chi connectivity index (χ0v) is 15.7. The molecule has 0 saturated heterocycles. The summed E-state index contributed by atoms with van der Waals surface area (Å²) in [5, 5.41) is 2.57. The van der Waals surface area contributed by atoms with E-state index < -0.39 is 23.0 Å². The van der Waals surface area contributed by atoms with E-state index in [9.17, 15) is 18.8 Å². The van der Waals surface area contributed by atoms with Crippen molar-refractivity contribution in [3.05, 3.63) is 99.3 Å². The molecule has 0 atom stereocenters. The van der Waals surface area contributed by atoms with E-state index in [1.54, 1.807) is 48.9 Å². The van der Waals surface area contributed by atoms with E-state index >= 15 is 0 Å². The smallest absolute Gasteiger partial charge is 0.324 e. The molecule has 0 radical (unpaired) electrons. The summed E-state index contributed by atoms with van der Waals surface area (Å²) in [6.07, 6.45) is 4.71. The fourth-order valence-corrected chi connectivity index (χ4v) is 3.08. The van der Waals surface area contributed by atoms with Crippen LogP contribution in [-0.4, -0.2) is 25.0 Å². The number of halogens is 1. The third-order valence-corrected chi connectivity index (χ3v) is 4.44. The molecule has 2 aliphatic heterocycles. The van der Waals surface area contributed by atoms with Gasteiger partial charge in [-0.3, -0.25) is 19.1 Å². The van der Waals surface area contributed by atoms with Gasteiger partial charge in [-0.15, -0.1) is 0 Å². The van der Waals surface area contributed by atoms with Crippen molar-refractivity contribution in [1.29, 1.82) is 0 Å². The number of anilines is 1. The van der Waals surface area contributed by atoms with Gasteiger partial charge >= 0.3 is 5.69 Å². The fourth-order valence-electron chi connectivity index (χ4n) is 3.08. The summed E-state index contributed by atoms with van der Waals surface area (Å²) in [6.45, 7) is -0.157. The number of amides is 1. The van der Waals surface area contributed by atoms with Gasteiger partial charge in [0.05, 0.1) is 12.1 Å². The number of carbonyl (C=O) groups excluding carboxylic acids is 1. The zero-order valence-electron chi connectivity index (χ0n) is 15.7. The van der Waals surface area contributed by atoms with Crippen LogP contribution in [0.25, 0.3) is 11.4 Å². The van der Waals surface area contributed by atoms with Crippen LogP contribution in [-0.2, 0) is 17.9 Å². The Morgan fingerprint density at radius 1 is 1.10 bits per heavy atom. The van der Waals surface area contributed by atoms with Crippen LogP contribution in [0.3, 0.4) is 0 Å². The fraction of sp³-hybridized carbons (Fsp3) is 0.0952. The SMILES string of the molecule is O=C(Cn1cccc2c(=O)n(Cc3cccnc3)c(=O)nc1-2)Nc1cccc(F)c1. The van der Waals surface area contributed by atoms with E-state index in [2.05, 4.69) is 15.3 Å². The molecule has 1 aromatic heterocycles. The highest BCUT2D eigenvalue weighted by Crippen LogP contribution is 2.14. The van der Waals surface area contributed by atoms with Crippen molar-refractivity contribution in [1.82, 2.24) is 19.1 Å². The van der Waals surface area contributed by atoms with Crippen LogP contribution in [0.5, 0.6) is 0 Å². The molecule has 0 saturated carbocycles. The molecule has 1 N–H and O–H groups in total. The van der Waals surface area contributed by atoms with E-state index in [0.29, 0.717) is 11.3 Å². The third kappa shape index (κ3) is 4.00. The maximum absolute atomic E-state index is 13.3. The minimum Gasteiger partial charge on any atom is -0.324 e. The van der Waals surface area contributed by atoms with Crippen LogP contribution in [0.4, 0.5) is 10.1 Å².